The van der Waals surface area contributed by atoms with Crippen LogP contribution in [0.15, 0.2) is 54.3 Å². The average molecular weight is 323 g/mol. The maximum atomic E-state index is 12.6. The average Bonchev–Trinajstić information content (AvgIpc) is 2.80. The van der Waals surface area contributed by atoms with Crippen LogP contribution in [-0.2, 0) is 16.1 Å². The summed E-state index contributed by atoms with van der Waals surface area (Å²) in [6, 6.07) is 14.2. The summed E-state index contributed by atoms with van der Waals surface area (Å²) >= 11 is 0. The first kappa shape index (κ1) is 15.8. The Labute approximate surface area is 139 Å². The van der Waals surface area contributed by atoms with Gasteiger partial charge in [0.1, 0.15) is 5.75 Å². The summed E-state index contributed by atoms with van der Waals surface area (Å²) in [7, 11) is 1.57. The topological polar surface area (TPSA) is 66.8 Å². The van der Waals surface area contributed by atoms with Gasteiger partial charge in [0, 0.05) is 0 Å². The Morgan fingerprint density at radius 2 is 1.58 bits per heavy atom. The lowest BCUT2D eigenvalue weighted by Crippen LogP contribution is -2.31. The van der Waals surface area contributed by atoms with Gasteiger partial charge in [0.05, 0.1) is 19.2 Å². The number of rotatable bonds is 4. The number of hydrogen-bond acceptors (Lipinski definition) is 4. The molecule has 1 aliphatic rings. The molecular weight excluding hydrogens is 306 g/mol. The van der Waals surface area contributed by atoms with Crippen molar-refractivity contribution in [2.24, 2.45) is 0 Å². The van der Waals surface area contributed by atoms with Gasteiger partial charge in [-0.05, 0) is 30.2 Å². The van der Waals surface area contributed by atoms with Crippen molar-refractivity contribution in [3.05, 3.63) is 71.0 Å². The predicted molar refractivity (Wildman–Crippen MR) is 89.3 cm³/mol. The minimum atomic E-state index is -0.675. The summed E-state index contributed by atoms with van der Waals surface area (Å²) in [5.74, 6) is -0.972. The van der Waals surface area contributed by atoms with Crippen LogP contribution in [0.3, 0.4) is 0 Å². The van der Waals surface area contributed by atoms with Crippen LogP contribution in [0.2, 0.25) is 0 Å². The number of aliphatic hydroxyl groups is 1. The summed E-state index contributed by atoms with van der Waals surface area (Å²) in [6.07, 6.45) is 0. The lowest BCUT2D eigenvalue weighted by molar-refractivity contribution is -0.138. The first-order valence-electron chi connectivity index (χ1n) is 7.50. The molecule has 0 aromatic heterocycles. The third kappa shape index (κ3) is 2.76. The zero-order valence-corrected chi connectivity index (χ0v) is 13.4. The minimum absolute atomic E-state index is 0.0495. The molecule has 2 aromatic rings. The number of aryl methyl sites for hydroxylation is 1. The van der Waals surface area contributed by atoms with E-state index >= 15 is 0 Å². The Morgan fingerprint density at radius 3 is 2.17 bits per heavy atom. The first-order valence-corrected chi connectivity index (χ1v) is 7.50. The zero-order chi connectivity index (χ0) is 17.3. The van der Waals surface area contributed by atoms with Crippen LogP contribution in [0.5, 0.6) is 5.75 Å². The van der Waals surface area contributed by atoms with E-state index in [9.17, 15) is 14.7 Å². The number of aliphatic hydroxyl groups excluding tert-OH is 1. The van der Waals surface area contributed by atoms with Crippen LogP contribution in [0.25, 0.3) is 5.57 Å². The molecule has 122 valence electrons. The molecule has 2 amide bonds. The number of carbonyl (C=O) groups is 2. The van der Waals surface area contributed by atoms with Crippen molar-refractivity contribution in [3.63, 3.8) is 0 Å². The fourth-order valence-corrected chi connectivity index (χ4v) is 2.60. The van der Waals surface area contributed by atoms with Gasteiger partial charge in [0.2, 0.25) is 0 Å². The normalized spacial score (nSPS) is 14.5. The molecule has 24 heavy (non-hydrogen) atoms. The van der Waals surface area contributed by atoms with Gasteiger partial charge in [0.25, 0.3) is 11.8 Å². The van der Waals surface area contributed by atoms with Crippen LogP contribution < -0.4 is 4.74 Å². The van der Waals surface area contributed by atoms with Crippen LogP contribution in [-0.4, -0.2) is 28.9 Å². The number of hydrogen-bond donors (Lipinski definition) is 1. The molecule has 2 aromatic carbocycles. The summed E-state index contributed by atoms with van der Waals surface area (Å²) in [5, 5.41) is 10.1. The molecule has 1 aliphatic heterocycles. The monoisotopic (exact) mass is 323 g/mol. The second-order valence-corrected chi connectivity index (χ2v) is 5.63. The molecule has 0 fully saturated rings. The predicted octanol–water partition coefficient (Wildman–Crippen LogP) is 2.84. The van der Waals surface area contributed by atoms with Crippen LogP contribution in [0, 0.1) is 6.92 Å². The molecule has 0 saturated carbocycles. The Balaban J connectivity index is 1.86. The highest BCUT2D eigenvalue weighted by atomic mass is 16.5. The Bertz CT molecular complexity index is 819. The smallest absolute Gasteiger partial charge is 0.296 e. The molecule has 0 radical (unpaired) electrons. The number of carbonyl (C=O) groups excluding carboxylic acids is 2. The number of nitrogens with zero attached hydrogens (tertiary/aromatic N) is 1. The number of imide groups is 1. The molecule has 5 nitrogen and oxygen atoms in total. The molecule has 1 heterocycles. The number of benzene rings is 2. The van der Waals surface area contributed by atoms with Gasteiger partial charge in [0.15, 0.2) is 5.76 Å². The molecule has 0 atom stereocenters. The highest BCUT2D eigenvalue weighted by Crippen LogP contribution is 2.29. The fourth-order valence-electron chi connectivity index (χ4n) is 2.60. The SMILES string of the molecule is COc1ccc(CN2C(=O)C(O)=C(c3ccc(C)cc3)C2=O)cc1. The number of methoxy groups -OCH3 is 1. The van der Waals surface area contributed by atoms with Gasteiger partial charge in [-0.3, -0.25) is 14.5 Å². The molecule has 0 spiro atoms. The number of amides is 2. The highest BCUT2D eigenvalue weighted by Gasteiger charge is 2.39. The standard InChI is InChI=1S/C19H17NO4/c1-12-3-7-14(8-4-12)16-17(21)19(23)20(18(16)22)11-13-5-9-15(24-2)10-6-13/h3-10,21H,11H2,1-2H3. The molecule has 5 heteroatoms. The summed E-state index contributed by atoms with van der Waals surface area (Å²) in [5.41, 5.74) is 2.39. The zero-order valence-electron chi connectivity index (χ0n) is 13.4. The van der Waals surface area contributed by atoms with Crippen molar-refractivity contribution in [1.29, 1.82) is 0 Å². The molecule has 0 aliphatic carbocycles. The summed E-state index contributed by atoms with van der Waals surface area (Å²) in [4.78, 5) is 25.9. The van der Waals surface area contributed by atoms with Gasteiger partial charge >= 0.3 is 0 Å². The third-order valence-electron chi connectivity index (χ3n) is 3.98. The van der Waals surface area contributed by atoms with Crippen molar-refractivity contribution in [1.82, 2.24) is 4.90 Å². The van der Waals surface area contributed by atoms with E-state index < -0.39 is 17.6 Å². The van der Waals surface area contributed by atoms with Crippen LogP contribution in [0.4, 0.5) is 0 Å². The maximum Gasteiger partial charge on any atom is 0.296 e. The fraction of sp³-hybridized carbons (Fsp3) is 0.158. The van der Waals surface area contributed by atoms with Gasteiger partial charge in [-0.2, -0.15) is 0 Å². The van der Waals surface area contributed by atoms with E-state index in [1.54, 1.807) is 43.5 Å². The molecule has 0 unspecified atom stereocenters. The van der Waals surface area contributed by atoms with Gasteiger partial charge in [-0.1, -0.05) is 42.0 Å². The Morgan fingerprint density at radius 1 is 0.958 bits per heavy atom. The molecule has 1 N–H and O–H groups in total. The lowest BCUT2D eigenvalue weighted by atomic mass is 10.0. The van der Waals surface area contributed by atoms with Gasteiger partial charge in [-0.15, -0.1) is 0 Å². The van der Waals surface area contributed by atoms with Crippen molar-refractivity contribution < 1.29 is 19.4 Å². The largest absolute Gasteiger partial charge is 0.502 e. The maximum absolute atomic E-state index is 12.6. The van der Waals surface area contributed by atoms with Crippen molar-refractivity contribution in [2.75, 3.05) is 7.11 Å². The molecular formula is C19H17NO4. The minimum Gasteiger partial charge on any atom is -0.502 e. The Hall–Kier alpha value is -3.08. The molecule has 3 rings (SSSR count). The summed E-state index contributed by atoms with van der Waals surface area (Å²) < 4.78 is 5.09. The van der Waals surface area contributed by atoms with Gasteiger partial charge < -0.3 is 9.84 Å². The molecule has 0 bridgehead atoms. The van der Waals surface area contributed by atoms with E-state index in [0.29, 0.717) is 11.3 Å². The highest BCUT2D eigenvalue weighted by molar-refractivity contribution is 6.34. The third-order valence-corrected chi connectivity index (χ3v) is 3.98. The van der Waals surface area contributed by atoms with Crippen molar-refractivity contribution in [2.45, 2.75) is 13.5 Å². The first-order chi connectivity index (χ1) is 11.5. The van der Waals surface area contributed by atoms with Crippen LogP contribution in [0.1, 0.15) is 16.7 Å². The van der Waals surface area contributed by atoms with Crippen molar-refractivity contribution in [3.8, 4) is 5.75 Å². The second kappa shape index (κ2) is 6.20. The van der Waals surface area contributed by atoms with E-state index in [1.807, 2.05) is 19.1 Å². The molecule has 0 saturated heterocycles. The van der Waals surface area contributed by atoms with Crippen LogP contribution >= 0.6 is 0 Å². The second-order valence-electron chi connectivity index (χ2n) is 5.63. The quantitative estimate of drug-likeness (QED) is 0.879. The van der Waals surface area contributed by atoms with E-state index in [1.165, 1.54) is 0 Å². The van der Waals surface area contributed by atoms with E-state index in [0.717, 1.165) is 16.0 Å². The lowest BCUT2D eigenvalue weighted by Gasteiger charge is -2.14. The van der Waals surface area contributed by atoms with E-state index in [-0.39, 0.29) is 12.1 Å². The van der Waals surface area contributed by atoms with E-state index in [2.05, 4.69) is 0 Å². The van der Waals surface area contributed by atoms with Gasteiger partial charge in [-0.25, -0.2) is 0 Å². The Kier molecular flexibility index (Phi) is 4.08. The number of ether oxygens (including phenoxy) is 1. The van der Waals surface area contributed by atoms with Crippen molar-refractivity contribution >= 4 is 17.4 Å². The van der Waals surface area contributed by atoms with E-state index in [4.69, 9.17) is 4.74 Å². The summed E-state index contributed by atoms with van der Waals surface area (Å²) in [6.45, 7) is 2.02.